The number of anilines is 3. The molecule has 0 bridgehead atoms. The highest BCUT2D eigenvalue weighted by atomic mass is 16.2. The lowest BCUT2D eigenvalue weighted by Gasteiger charge is -2.37. The molecule has 2 N–H and O–H groups in total. The minimum Gasteiger partial charge on any atom is -0.340 e. The summed E-state index contributed by atoms with van der Waals surface area (Å²) in [4.78, 5) is 38.1. The zero-order chi connectivity index (χ0) is 27.9. The van der Waals surface area contributed by atoms with Gasteiger partial charge in [-0.2, -0.15) is 5.26 Å². The number of rotatable bonds is 8. The second-order valence-electron chi connectivity index (χ2n) is 10.3. The highest BCUT2D eigenvalue weighted by Gasteiger charge is 2.22. The van der Waals surface area contributed by atoms with E-state index in [1.165, 1.54) is 0 Å². The molecule has 9 heteroatoms. The van der Waals surface area contributed by atoms with E-state index in [0.717, 1.165) is 43.0 Å². The number of carbonyl (C=O) groups is 2. The van der Waals surface area contributed by atoms with Crippen molar-refractivity contribution in [1.29, 1.82) is 5.26 Å². The molecule has 1 aromatic heterocycles. The van der Waals surface area contributed by atoms with Crippen LogP contribution in [0.2, 0.25) is 0 Å². The van der Waals surface area contributed by atoms with E-state index in [0.29, 0.717) is 35.4 Å². The van der Waals surface area contributed by atoms with Gasteiger partial charge in [-0.15, -0.1) is 0 Å². The lowest BCUT2D eigenvalue weighted by Crippen LogP contribution is -2.51. The number of piperazine rings is 1. The Hall–Kier alpha value is -4.29. The molecule has 1 aliphatic heterocycles. The summed E-state index contributed by atoms with van der Waals surface area (Å²) in [5, 5.41) is 15.6. The average molecular weight is 526 g/mol. The Morgan fingerprint density at radius 3 is 2.36 bits per heavy atom. The summed E-state index contributed by atoms with van der Waals surface area (Å²) in [5.74, 6) is 0.233. The first kappa shape index (κ1) is 27.7. The van der Waals surface area contributed by atoms with Gasteiger partial charge in [0.2, 0.25) is 17.8 Å². The van der Waals surface area contributed by atoms with Gasteiger partial charge in [-0.3, -0.25) is 14.5 Å². The maximum atomic E-state index is 12.8. The molecule has 2 aromatic carbocycles. The summed E-state index contributed by atoms with van der Waals surface area (Å²) in [5.41, 5.74) is 3.98. The van der Waals surface area contributed by atoms with E-state index in [4.69, 9.17) is 0 Å². The van der Waals surface area contributed by atoms with E-state index in [1.54, 1.807) is 38.2 Å². The molecule has 0 atom stereocenters. The summed E-state index contributed by atoms with van der Waals surface area (Å²) < 4.78 is 0. The third-order valence-corrected chi connectivity index (χ3v) is 6.84. The average Bonchev–Trinajstić information content (AvgIpc) is 2.94. The van der Waals surface area contributed by atoms with Crippen LogP contribution in [0, 0.1) is 17.2 Å². The molecule has 9 nitrogen and oxygen atoms in total. The molecule has 0 saturated carbocycles. The molecule has 202 valence electrons. The maximum absolute atomic E-state index is 12.8. The van der Waals surface area contributed by atoms with Crippen molar-refractivity contribution in [1.82, 2.24) is 19.8 Å². The molecule has 1 fully saturated rings. The van der Waals surface area contributed by atoms with Crippen LogP contribution in [0.4, 0.5) is 17.3 Å². The van der Waals surface area contributed by atoms with Crippen molar-refractivity contribution in [3.8, 4) is 17.3 Å². The Balaban J connectivity index is 1.39. The Morgan fingerprint density at radius 2 is 1.72 bits per heavy atom. The summed E-state index contributed by atoms with van der Waals surface area (Å²) >= 11 is 0. The predicted molar refractivity (Wildman–Crippen MR) is 152 cm³/mol. The topological polar surface area (TPSA) is 114 Å². The summed E-state index contributed by atoms with van der Waals surface area (Å²) in [7, 11) is 0. The van der Waals surface area contributed by atoms with Crippen LogP contribution in [0.15, 0.2) is 54.7 Å². The SMILES string of the molecule is CC(C)C(=O)Nc1ccc(-c2ccnc(Nc3ccc(CC(=O)N4CCN(C(C)C)CC4)cc3)n2)cc1C#N. The zero-order valence-electron chi connectivity index (χ0n) is 22.9. The van der Waals surface area contributed by atoms with Gasteiger partial charge in [-0.05, 0) is 49.7 Å². The van der Waals surface area contributed by atoms with Gasteiger partial charge in [0.15, 0.2) is 0 Å². The van der Waals surface area contributed by atoms with Crippen LogP contribution in [0.3, 0.4) is 0 Å². The number of carbonyl (C=O) groups excluding carboxylic acids is 2. The first-order chi connectivity index (χ1) is 18.7. The second kappa shape index (κ2) is 12.5. The van der Waals surface area contributed by atoms with Crippen LogP contribution in [-0.4, -0.2) is 63.8 Å². The maximum Gasteiger partial charge on any atom is 0.227 e. The lowest BCUT2D eigenvalue weighted by atomic mass is 10.1. The summed E-state index contributed by atoms with van der Waals surface area (Å²) in [6.45, 7) is 11.4. The molecule has 0 radical (unpaired) electrons. The fraction of sp³-hybridized carbons (Fsp3) is 0.367. The molecule has 3 aromatic rings. The largest absolute Gasteiger partial charge is 0.340 e. The van der Waals surface area contributed by atoms with Gasteiger partial charge >= 0.3 is 0 Å². The van der Waals surface area contributed by atoms with Crippen LogP contribution in [0.5, 0.6) is 0 Å². The Morgan fingerprint density at radius 1 is 1.00 bits per heavy atom. The highest BCUT2D eigenvalue weighted by Crippen LogP contribution is 2.25. The molecular formula is C30H35N7O2. The molecule has 4 rings (SSSR count). The van der Waals surface area contributed by atoms with E-state index in [9.17, 15) is 14.9 Å². The molecule has 1 saturated heterocycles. The fourth-order valence-corrected chi connectivity index (χ4v) is 4.37. The number of aromatic nitrogens is 2. The molecule has 0 spiro atoms. The predicted octanol–water partition coefficient (Wildman–Crippen LogP) is 4.45. The van der Waals surface area contributed by atoms with E-state index in [2.05, 4.69) is 45.4 Å². The smallest absolute Gasteiger partial charge is 0.227 e. The number of benzene rings is 2. The minimum atomic E-state index is -0.188. The van der Waals surface area contributed by atoms with Crippen molar-refractivity contribution in [2.75, 3.05) is 36.8 Å². The van der Waals surface area contributed by atoms with Crippen molar-refractivity contribution in [3.63, 3.8) is 0 Å². The number of hydrogen-bond donors (Lipinski definition) is 2. The van der Waals surface area contributed by atoms with Gasteiger partial charge in [0.1, 0.15) is 6.07 Å². The Labute approximate surface area is 229 Å². The molecule has 2 amide bonds. The summed E-state index contributed by atoms with van der Waals surface area (Å²) in [6.07, 6.45) is 2.03. The van der Waals surface area contributed by atoms with Gasteiger partial charge in [0.25, 0.3) is 0 Å². The third-order valence-electron chi connectivity index (χ3n) is 6.84. The molecule has 0 aliphatic carbocycles. The number of nitrogens with one attached hydrogen (secondary N) is 2. The lowest BCUT2D eigenvalue weighted by molar-refractivity contribution is -0.132. The van der Waals surface area contributed by atoms with Crippen molar-refractivity contribution in [3.05, 3.63) is 65.9 Å². The fourth-order valence-electron chi connectivity index (χ4n) is 4.37. The second-order valence-corrected chi connectivity index (χ2v) is 10.3. The van der Waals surface area contributed by atoms with Crippen molar-refractivity contribution >= 4 is 29.1 Å². The molecule has 1 aliphatic rings. The van der Waals surface area contributed by atoms with Crippen molar-refractivity contribution in [2.45, 2.75) is 40.2 Å². The normalized spacial score (nSPS) is 13.8. The van der Waals surface area contributed by atoms with Gasteiger partial charge in [-0.25, -0.2) is 9.97 Å². The molecular weight excluding hydrogens is 490 g/mol. The monoisotopic (exact) mass is 525 g/mol. The van der Waals surface area contributed by atoms with Gasteiger partial charge in [0.05, 0.1) is 23.4 Å². The first-order valence-corrected chi connectivity index (χ1v) is 13.3. The van der Waals surface area contributed by atoms with Crippen LogP contribution < -0.4 is 10.6 Å². The van der Waals surface area contributed by atoms with Gasteiger partial charge in [-0.1, -0.05) is 32.0 Å². The first-order valence-electron chi connectivity index (χ1n) is 13.3. The third kappa shape index (κ3) is 7.18. The van der Waals surface area contributed by atoms with Crippen LogP contribution in [0.25, 0.3) is 11.3 Å². The molecule has 2 heterocycles. The minimum absolute atomic E-state index is 0.146. The Bertz CT molecular complexity index is 1350. The number of nitrogens with zero attached hydrogens (tertiary/aromatic N) is 5. The van der Waals surface area contributed by atoms with Crippen molar-refractivity contribution < 1.29 is 9.59 Å². The quantitative estimate of drug-likeness (QED) is 0.447. The number of nitriles is 1. The van der Waals surface area contributed by atoms with Crippen molar-refractivity contribution in [2.24, 2.45) is 5.92 Å². The van der Waals surface area contributed by atoms with E-state index in [1.807, 2.05) is 35.2 Å². The molecule has 0 unspecified atom stereocenters. The van der Waals surface area contributed by atoms with Crippen LogP contribution >= 0.6 is 0 Å². The zero-order valence-corrected chi connectivity index (χ0v) is 22.9. The van der Waals surface area contributed by atoms with Gasteiger partial charge in [0, 0.05) is 55.6 Å². The van der Waals surface area contributed by atoms with Crippen LogP contribution in [-0.2, 0) is 16.0 Å². The Kier molecular flexibility index (Phi) is 8.89. The van der Waals surface area contributed by atoms with E-state index >= 15 is 0 Å². The highest BCUT2D eigenvalue weighted by molar-refractivity contribution is 5.93. The van der Waals surface area contributed by atoms with E-state index < -0.39 is 0 Å². The van der Waals surface area contributed by atoms with Gasteiger partial charge < -0.3 is 15.5 Å². The summed E-state index contributed by atoms with van der Waals surface area (Å²) in [6, 6.07) is 17.4. The standard InChI is InChI=1S/C30H35N7O2/c1-20(2)29(39)34-26-10-7-23(18-24(26)19-31)27-11-12-32-30(35-27)33-25-8-5-22(6-9-25)17-28(38)37-15-13-36(14-16-37)21(3)4/h5-12,18,20-21H,13-17H2,1-4H3,(H,34,39)(H,32,33,35). The number of hydrogen-bond acceptors (Lipinski definition) is 7. The van der Waals surface area contributed by atoms with Crippen LogP contribution in [0.1, 0.15) is 38.8 Å². The number of amides is 2. The molecule has 39 heavy (non-hydrogen) atoms. The van der Waals surface area contributed by atoms with E-state index in [-0.39, 0.29) is 17.7 Å².